The van der Waals surface area contributed by atoms with E-state index in [9.17, 15) is 13.2 Å². The smallest absolute Gasteiger partial charge is 0.347 e. The van der Waals surface area contributed by atoms with E-state index in [0.717, 1.165) is 11.3 Å². The van der Waals surface area contributed by atoms with E-state index in [0.29, 0.717) is 12.1 Å². The van der Waals surface area contributed by atoms with Crippen LogP contribution >= 0.6 is 11.3 Å². The van der Waals surface area contributed by atoms with Crippen molar-refractivity contribution in [2.75, 3.05) is 7.05 Å². The Kier molecular flexibility index (Phi) is 4.94. The molecule has 6 nitrogen and oxygen atoms in total. The Bertz CT molecular complexity index is 756. The number of sulfonamides is 1. The molecular weight excluding hydrogens is 324 g/mol. The standard InChI is InChI=1S/C14H16N2O4S2/c1-3-11(10-6-4-5-8-15-10)16(2)22(19,20)12-7-9-21-13(12)14(17)18/h4-9,11H,3H2,1-2H3,(H,17,18). The fourth-order valence-electron chi connectivity index (χ4n) is 2.20. The third kappa shape index (κ3) is 3.03. The van der Waals surface area contributed by atoms with Crippen molar-refractivity contribution >= 4 is 27.3 Å². The number of thiophene rings is 1. The van der Waals surface area contributed by atoms with Gasteiger partial charge in [-0.15, -0.1) is 11.3 Å². The second-order valence-corrected chi connectivity index (χ2v) is 7.50. The number of hydrogen-bond acceptors (Lipinski definition) is 5. The zero-order valence-electron chi connectivity index (χ0n) is 12.1. The largest absolute Gasteiger partial charge is 0.477 e. The number of pyridine rings is 1. The summed E-state index contributed by atoms with van der Waals surface area (Å²) in [6, 6.07) is 6.18. The van der Waals surface area contributed by atoms with Crippen LogP contribution in [-0.4, -0.2) is 35.8 Å². The number of carbonyl (C=O) groups is 1. The average Bonchev–Trinajstić information content (AvgIpc) is 2.99. The third-order valence-corrected chi connectivity index (χ3v) is 6.28. The SMILES string of the molecule is CCC(c1ccccn1)N(C)S(=O)(=O)c1ccsc1C(=O)O. The minimum atomic E-state index is -3.91. The van der Waals surface area contributed by atoms with Crippen LogP contribution in [-0.2, 0) is 10.0 Å². The topological polar surface area (TPSA) is 87.6 Å². The second kappa shape index (κ2) is 6.55. The van der Waals surface area contributed by atoms with Crippen LogP contribution in [0.3, 0.4) is 0 Å². The Morgan fingerprint density at radius 3 is 2.68 bits per heavy atom. The molecule has 0 aliphatic rings. The van der Waals surface area contributed by atoms with Crippen molar-refractivity contribution in [1.82, 2.24) is 9.29 Å². The number of aromatic carboxylic acids is 1. The summed E-state index contributed by atoms with van der Waals surface area (Å²) in [4.78, 5) is 15.0. The van der Waals surface area contributed by atoms with Crippen molar-refractivity contribution in [2.45, 2.75) is 24.3 Å². The first-order valence-corrected chi connectivity index (χ1v) is 8.91. The highest BCUT2D eigenvalue weighted by atomic mass is 32.2. The maximum absolute atomic E-state index is 12.7. The number of carboxylic acids is 1. The molecule has 0 fully saturated rings. The summed E-state index contributed by atoms with van der Waals surface area (Å²) in [5, 5.41) is 10.6. The van der Waals surface area contributed by atoms with E-state index in [2.05, 4.69) is 4.98 Å². The normalized spacial score (nSPS) is 13.2. The highest BCUT2D eigenvalue weighted by molar-refractivity contribution is 7.89. The molecule has 1 N–H and O–H groups in total. The highest BCUT2D eigenvalue weighted by Crippen LogP contribution is 2.31. The van der Waals surface area contributed by atoms with Gasteiger partial charge in [-0.25, -0.2) is 13.2 Å². The van der Waals surface area contributed by atoms with Crippen molar-refractivity contribution in [3.8, 4) is 0 Å². The Morgan fingerprint density at radius 1 is 1.41 bits per heavy atom. The lowest BCUT2D eigenvalue weighted by atomic mass is 10.1. The van der Waals surface area contributed by atoms with Gasteiger partial charge in [0.25, 0.3) is 0 Å². The molecule has 1 unspecified atom stereocenters. The van der Waals surface area contributed by atoms with Crippen LogP contribution in [0, 0.1) is 0 Å². The van der Waals surface area contributed by atoms with Gasteiger partial charge < -0.3 is 5.11 Å². The molecule has 0 bridgehead atoms. The molecule has 118 valence electrons. The molecule has 2 aromatic heterocycles. The van der Waals surface area contributed by atoms with Crippen LogP contribution in [0.25, 0.3) is 0 Å². The zero-order chi connectivity index (χ0) is 16.3. The van der Waals surface area contributed by atoms with Crippen molar-refractivity contribution in [3.05, 3.63) is 46.4 Å². The van der Waals surface area contributed by atoms with Gasteiger partial charge in [0, 0.05) is 13.2 Å². The minimum Gasteiger partial charge on any atom is -0.477 e. The Balaban J connectivity index is 2.44. The lowest BCUT2D eigenvalue weighted by Crippen LogP contribution is -2.32. The predicted octanol–water partition coefficient (Wildman–Crippen LogP) is 2.61. The maximum Gasteiger partial charge on any atom is 0.347 e. The van der Waals surface area contributed by atoms with Crippen LogP contribution in [0.4, 0.5) is 0 Å². The van der Waals surface area contributed by atoms with E-state index >= 15 is 0 Å². The van der Waals surface area contributed by atoms with E-state index < -0.39 is 22.0 Å². The summed E-state index contributed by atoms with van der Waals surface area (Å²) in [7, 11) is -2.46. The van der Waals surface area contributed by atoms with Gasteiger partial charge >= 0.3 is 5.97 Å². The Morgan fingerprint density at radius 2 is 2.14 bits per heavy atom. The molecule has 2 rings (SSSR count). The number of aromatic nitrogens is 1. The van der Waals surface area contributed by atoms with Crippen LogP contribution < -0.4 is 0 Å². The second-order valence-electron chi connectivity index (χ2n) is 4.62. The van der Waals surface area contributed by atoms with Gasteiger partial charge in [0.2, 0.25) is 10.0 Å². The van der Waals surface area contributed by atoms with Crippen LogP contribution in [0.2, 0.25) is 0 Å². The number of hydrogen-bond donors (Lipinski definition) is 1. The van der Waals surface area contributed by atoms with Gasteiger partial charge in [0.1, 0.15) is 9.77 Å². The van der Waals surface area contributed by atoms with Gasteiger partial charge in [-0.2, -0.15) is 4.31 Å². The molecule has 2 aromatic rings. The Labute approximate surface area is 133 Å². The van der Waals surface area contributed by atoms with Crippen molar-refractivity contribution in [2.24, 2.45) is 0 Å². The van der Waals surface area contributed by atoms with Gasteiger partial charge in [-0.05, 0) is 30.0 Å². The van der Waals surface area contributed by atoms with Gasteiger partial charge in [0.15, 0.2) is 0 Å². The van der Waals surface area contributed by atoms with E-state index in [1.807, 2.05) is 6.92 Å². The third-order valence-electron chi connectivity index (χ3n) is 3.34. The zero-order valence-corrected chi connectivity index (χ0v) is 13.8. The first-order valence-electron chi connectivity index (χ1n) is 6.59. The number of nitrogens with zero attached hydrogens (tertiary/aromatic N) is 2. The van der Waals surface area contributed by atoms with Crippen LogP contribution in [0.5, 0.6) is 0 Å². The lowest BCUT2D eigenvalue weighted by Gasteiger charge is -2.26. The molecule has 0 saturated heterocycles. The predicted molar refractivity (Wildman–Crippen MR) is 83.5 cm³/mol. The molecule has 8 heteroatoms. The summed E-state index contributed by atoms with van der Waals surface area (Å²) in [5.41, 5.74) is 0.628. The van der Waals surface area contributed by atoms with Crippen LogP contribution in [0.15, 0.2) is 40.7 Å². The highest BCUT2D eigenvalue weighted by Gasteiger charge is 2.32. The van der Waals surface area contributed by atoms with Gasteiger partial charge in [0.05, 0.1) is 11.7 Å². The fourth-order valence-corrected chi connectivity index (χ4v) is 4.84. The van der Waals surface area contributed by atoms with E-state index in [-0.39, 0.29) is 9.77 Å². The molecule has 0 saturated carbocycles. The summed E-state index contributed by atoms with van der Waals surface area (Å²) in [6.45, 7) is 1.86. The molecular formula is C14H16N2O4S2. The first kappa shape index (κ1) is 16.6. The number of carboxylic acid groups (broad SMARTS) is 1. The molecule has 2 heterocycles. The summed E-state index contributed by atoms with van der Waals surface area (Å²) >= 11 is 0.896. The van der Waals surface area contributed by atoms with Gasteiger partial charge in [-0.1, -0.05) is 13.0 Å². The van der Waals surface area contributed by atoms with Gasteiger partial charge in [-0.3, -0.25) is 4.98 Å². The summed E-state index contributed by atoms with van der Waals surface area (Å²) in [5.74, 6) is -1.24. The fraction of sp³-hybridized carbons (Fsp3) is 0.286. The maximum atomic E-state index is 12.7. The first-order chi connectivity index (χ1) is 10.4. The average molecular weight is 340 g/mol. The summed E-state index contributed by atoms with van der Waals surface area (Å²) in [6.07, 6.45) is 2.13. The molecule has 0 aromatic carbocycles. The molecule has 0 radical (unpaired) electrons. The molecule has 0 aliphatic carbocycles. The Hall–Kier alpha value is -1.77. The number of rotatable bonds is 6. The van der Waals surface area contributed by atoms with Crippen molar-refractivity contribution in [1.29, 1.82) is 0 Å². The molecule has 22 heavy (non-hydrogen) atoms. The minimum absolute atomic E-state index is 0.178. The van der Waals surface area contributed by atoms with E-state index in [1.54, 1.807) is 24.4 Å². The van der Waals surface area contributed by atoms with Crippen LogP contribution in [0.1, 0.15) is 34.8 Å². The molecule has 1 atom stereocenters. The van der Waals surface area contributed by atoms with E-state index in [4.69, 9.17) is 5.11 Å². The summed E-state index contributed by atoms with van der Waals surface area (Å²) < 4.78 is 26.7. The molecule has 0 amide bonds. The quantitative estimate of drug-likeness (QED) is 0.873. The van der Waals surface area contributed by atoms with Crippen molar-refractivity contribution in [3.63, 3.8) is 0 Å². The monoisotopic (exact) mass is 340 g/mol. The lowest BCUT2D eigenvalue weighted by molar-refractivity contribution is 0.0698. The van der Waals surface area contributed by atoms with E-state index in [1.165, 1.54) is 22.8 Å². The van der Waals surface area contributed by atoms with Crippen molar-refractivity contribution < 1.29 is 18.3 Å². The molecule has 0 aliphatic heterocycles. The molecule has 0 spiro atoms.